The molecule has 0 spiro atoms. The molecule has 1 amide bonds. The Hall–Kier alpha value is -3.36. The zero-order valence-corrected chi connectivity index (χ0v) is 16.8. The predicted octanol–water partition coefficient (Wildman–Crippen LogP) is 3.17. The molecular formula is C22H20FN3O3S. The molecule has 0 radical (unpaired) electrons. The van der Waals surface area contributed by atoms with Crippen LogP contribution in [0.4, 0.5) is 4.39 Å². The fourth-order valence-electron chi connectivity index (χ4n) is 2.72. The van der Waals surface area contributed by atoms with Crippen molar-refractivity contribution < 1.29 is 17.6 Å². The molecule has 0 aromatic heterocycles. The lowest BCUT2D eigenvalue weighted by atomic mass is 10.2. The van der Waals surface area contributed by atoms with Gasteiger partial charge >= 0.3 is 0 Å². The van der Waals surface area contributed by atoms with Crippen LogP contribution in [0.15, 0.2) is 94.9 Å². The van der Waals surface area contributed by atoms with Crippen molar-refractivity contribution in [1.29, 1.82) is 0 Å². The maximum Gasteiger partial charge on any atom is 0.255 e. The lowest BCUT2D eigenvalue weighted by Crippen LogP contribution is -2.39. The van der Waals surface area contributed by atoms with Crippen LogP contribution >= 0.6 is 0 Å². The molecular weight excluding hydrogens is 405 g/mol. The van der Waals surface area contributed by atoms with Gasteiger partial charge in [0.25, 0.3) is 5.91 Å². The van der Waals surface area contributed by atoms with E-state index in [-0.39, 0.29) is 11.4 Å². The van der Waals surface area contributed by atoms with Crippen molar-refractivity contribution in [1.82, 2.24) is 9.73 Å². The summed E-state index contributed by atoms with van der Waals surface area (Å²) < 4.78 is 40.4. The predicted molar refractivity (Wildman–Crippen MR) is 113 cm³/mol. The number of carbonyl (C=O) groups is 1. The molecule has 0 saturated carbocycles. The molecule has 0 fully saturated rings. The van der Waals surface area contributed by atoms with E-state index < -0.39 is 28.3 Å². The average Bonchev–Trinajstić information content (AvgIpc) is 2.75. The number of hydrazone groups is 1. The van der Waals surface area contributed by atoms with Gasteiger partial charge in [0.2, 0.25) is 10.0 Å². The summed E-state index contributed by atoms with van der Waals surface area (Å²) in [7, 11) is -3.91. The summed E-state index contributed by atoms with van der Waals surface area (Å²) in [5.74, 6) is -1.04. The first kappa shape index (κ1) is 21.4. The van der Waals surface area contributed by atoms with Crippen molar-refractivity contribution in [3.63, 3.8) is 0 Å². The second-order valence-corrected chi connectivity index (χ2v) is 8.36. The first-order valence-corrected chi connectivity index (χ1v) is 10.6. The number of halogens is 1. The molecule has 8 heteroatoms. The van der Waals surface area contributed by atoms with E-state index in [0.717, 1.165) is 9.87 Å². The Labute approximate surface area is 174 Å². The van der Waals surface area contributed by atoms with E-state index in [2.05, 4.69) is 10.5 Å². The van der Waals surface area contributed by atoms with Gasteiger partial charge in [0.1, 0.15) is 5.82 Å². The van der Waals surface area contributed by atoms with Gasteiger partial charge in [-0.15, -0.1) is 0 Å². The standard InChI is InChI=1S/C22H20FN3O3S/c23-20-11-7-10-19(14-20)15-24-25-22(27)17-26(16-18-8-3-1-4-9-18)30(28,29)21-12-5-2-6-13-21/h1-15H,16-17H2,(H,25,27)/b24-15-. The highest BCUT2D eigenvalue weighted by atomic mass is 32.2. The monoisotopic (exact) mass is 425 g/mol. The van der Waals surface area contributed by atoms with Gasteiger partial charge in [-0.25, -0.2) is 18.2 Å². The quantitative estimate of drug-likeness (QED) is 0.445. The topological polar surface area (TPSA) is 78.8 Å². The van der Waals surface area contributed by atoms with Crippen molar-refractivity contribution in [2.75, 3.05) is 6.54 Å². The highest BCUT2D eigenvalue weighted by molar-refractivity contribution is 7.89. The SMILES string of the molecule is O=C(CN(Cc1ccccc1)S(=O)(=O)c1ccccc1)N/N=C\c1cccc(F)c1. The normalized spacial score (nSPS) is 11.7. The number of amides is 1. The van der Waals surface area contributed by atoms with Crippen molar-refractivity contribution in [2.45, 2.75) is 11.4 Å². The highest BCUT2D eigenvalue weighted by Crippen LogP contribution is 2.18. The minimum atomic E-state index is -3.91. The van der Waals surface area contributed by atoms with E-state index in [1.165, 1.54) is 36.5 Å². The Balaban J connectivity index is 1.75. The highest BCUT2D eigenvalue weighted by Gasteiger charge is 2.26. The number of hydrogen-bond acceptors (Lipinski definition) is 4. The molecule has 0 bridgehead atoms. The van der Waals surface area contributed by atoms with Crippen LogP contribution in [0.1, 0.15) is 11.1 Å². The Bertz CT molecular complexity index is 1120. The van der Waals surface area contributed by atoms with Crippen LogP contribution in [0.2, 0.25) is 0 Å². The first-order valence-electron chi connectivity index (χ1n) is 9.12. The first-order chi connectivity index (χ1) is 14.4. The molecule has 6 nitrogen and oxygen atoms in total. The Morgan fingerprint density at radius 1 is 0.967 bits per heavy atom. The smallest absolute Gasteiger partial charge is 0.255 e. The summed E-state index contributed by atoms with van der Waals surface area (Å²) in [5.41, 5.74) is 3.50. The lowest BCUT2D eigenvalue weighted by molar-refractivity contribution is -0.121. The number of benzene rings is 3. The van der Waals surface area contributed by atoms with Crippen LogP contribution in [0, 0.1) is 5.82 Å². The molecule has 3 rings (SSSR count). The van der Waals surface area contributed by atoms with Crippen LogP contribution in [0.25, 0.3) is 0 Å². The van der Waals surface area contributed by atoms with Crippen LogP contribution in [0.3, 0.4) is 0 Å². The van der Waals surface area contributed by atoms with E-state index in [4.69, 9.17) is 0 Å². The molecule has 1 N–H and O–H groups in total. The summed E-state index contributed by atoms with van der Waals surface area (Å²) in [4.78, 5) is 12.5. The minimum absolute atomic E-state index is 0.0269. The fourth-order valence-corrected chi connectivity index (χ4v) is 4.12. The number of hydrogen-bond donors (Lipinski definition) is 1. The van der Waals surface area contributed by atoms with Gasteiger partial charge in [-0.2, -0.15) is 9.41 Å². The number of nitrogens with zero attached hydrogens (tertiary/aromatic N) is 2. The minimum Gasteiger partial charge on any atom is -0.272 e. The van der Waals surface area contributed by atoms with Crippen molar-refractivity contribution in [3.8, 4) is 0 Å². The number of nitrogens with one attached hydrogen (secondary N) is 1. The Kier molecular flexibility index (Phi) is 7.05. The zero-order chi connectivity index (χ0) is 21.4. The van der Waals surface area contributed by atoms with Gasteiger partial charge in [-0.3, -0.25) is 4.79 Å². The third kappa shape index (κ3) is 5.82. The molecule has 0 aliphatic rings. The number of rotatable bonds is 8. The third-order valence-corrected chi connectivity index (χ3v) is 5.96. The van der Waals surface area contributed by atoms with E-state index in [1.807, 2.05) is 6.07 Å². The average molecular weight is 425 g/mol. The van der Waals surface area contributed by atoms with E-state index in [9.17, 15) is 17.6 Å². The lowest BCUT2D eigenvalue weighted by Gasteiger charge is -2.21. The summed E-state index contributed by atoms with van der Waals surface area (Å²) in [6.45, 7) is -0.397. The second-order valence-electron chi connectivity index (χ2n) is 6.42. The van der Waals surface area contributed by atoms with Gasteiger partial charge < -0.3 is 0 Å². The van der Waals surface area contributed by atoms with Gasteiger partial charge in [-0.1, -0.05) is 60.7 Å². The van der Waals surface area contributed by atoms with Crippen molar-refractivity contribution in [2.24, 2.45) is 5.10 Å². The Morgan fingerprint density at radius 2 is 1.63 bits per heavy atom. The number of sulfonamides is 1. The maximum absolute atomic E-state index is 13.2. The molecule has 0 unspecified atom stereocenters. The zero-order valence-electron chi connectivity index (χ0n) is 16.0. The summed E-state index contributed by atoms with van der Waals surface area (Å²) in [6.07, 6.45) is 1.29. The Morgan fingerprint density at radius 3 is 2.30 bits per heavy atom. The van der Waals surface area contributed by atoms with Crippen LogP contribution < -0.4 is 5.43 Å². The van der Waals surface area contributed by atoms with Crippen molar-refractivity contribution >= 4 is 22.1 Å². The van der Waals surface area contributed by atoms with Gasteiger partial charge in [0.05, 0.1) is 17.7 Å². The molecule has 30 heavy (non-hydrogen) atoms. The summed E-state index contributed by atoms with van der Waals surface area (Å²) >= 11 is 0. The number of carbonyl (C=O) groups excluding carboxylic acids is 1. The van der Waals surface area contributed by atoms with E-state index in [1.54, 1.807) is 48.5 Å². The fraction of sp³-hybridized carbons (Fsp3) is 0.0909. The van der Waals surface area contributed by atoms with Crippen LogP contribution in [-0.4, -0.2) is 31.4 Å². The molecule has 0 atom stereocenters. The maximum atomic E-state index is 13.2. The van der Waals surface area contributed by atoms with Crippen molar-refractivity contribution in [3.05, 3.63) is 102 Å². The second kappa shape index (κ2) is 9.91. The molecule has 3 aromatic carbocycles. The molecule has 154 valence electrons. The van der Waals surface area contributed by atoms with Gasteiger partial charge in [0, 0.05) is 6.54 Å². The van der Waals surface area contributed by atoms with E-state index >= 15 is 0 Å². The van der Waals surface area contributed by atoms with Gasteiger partial charge in [0.15, 0.2) is 0 Å². The molecule has 0 aliphatic heterocycles. The largest absolute Gasteiger partial charge is 0.272 e. The molecule has 0 aliphatic carbocycles. The van der Waals surface area contributed by atoms with Crippen LogP contribution in [0.5, 0.6) is 0 Å². The van der Waals surface area contributed by atoms with Crippen LogP contribution in [-0.2, 0) is 21.4 Å². The molecule has 0 saturated heterocycles. The summed E-state index contributed by atoms with van der Waals surface area (Å²) in [5, 5.41) is 3.78. The van der Waals surface area contributed by atoms with E-state index in [0.29, 0.717) is 5.56 Å². The molecule has 0 heterocycles. The van der Waals surface area contributed by atoms with Gasteiger partial charge in [-0.05, 0) is 35.4 Å². The molecule has 3 aromatic rings. The third-order valence-electron chi connectivity index (χ3n) is 4.15. The summed E-state index contributed by atoms with van der Waals surface area (Å²) in [6, 6.07) is 22.6.